The maximum atomic E-state index is 13.4. The Kier molecular flexibility index (Phi) is 4.43. The van der Waals surface area contributed by atoms with Crippen molar-refractivity contribution in [3.63, 3.8) is 0 Å². The molecular formula is C17H11ClFN3O4. The second kappa shape index (κ2) is 6.57. The summed E-state index contributed by atoms with van der Waals surface area (Å²) in [5.41, 5.74) is -0.880. The van der Waals surface area contributed by atoms with E-state index in [-0.39, 0.29) is 33.0 Å². The number of non-ortho nitro benzene ring substituents is 1. The van der Waals surface area contributed by atoms with Crippen molar-refractivity contribution in [2.75, 3.05) is 5.32 Å². The van der Waals surface area contributed by atoms with Crippen molar-refractivity contribution in [3.8, 4) is 0 Å². The van der Waals surface area contributed by atoms with Gasteiger partial charge in [0.1, 0.15) is 17.2 Å². The lowest BCUT2D eigenvalue weighted by molar-refractivity contribution is -0.384. The Labute approximate surface area is 150 Å². The van der Waals surface area contributed by atoms with Crippen LogP contribution in [0, 0.1) is 15.9 Å². The van der Waals surface area contributed by atoms with Crippen molar-refractivity contribution in [1.29, 1.82) is 0 Å². The SMILES string of the molecule is CC(=O)c1c(Nc2cccc(F)c2)[nH]c2c(Cl)cc([N+](=O)[O-])cc2c1=O. The van der Waals surface area contributed by atoms with E-state index < -0.39 is 22.0 Å². The summed E-state index contributed by atoms with van der Waals surface area (Å²) >= 11 is 6.06. The van der Waals surface area contributed by atoms with Gasteiger partial charge in [0.15, 0.2) is 5.78 Å². The summed E-state index contributed by atoms with van der Waals surface area (Å²) < 4.78 is 13.4. The van der Waals surface area contributed by atoms with Crippen molar-refractivity contribution < 1.29 is 14.1 Å². The number of aromatic nitrogens is 1. The standard InChI is InChI=1S/C17H11ClFN3O4/c1-8(23)14-16(24)12-6-11(22(25)26)7-13(18)15(12)21-17(14)20-10-4-2-3-9(19)5-10/h2-7H,1H3,(H2,20,21,24). The molecule has 2 N–H and O–H groups in total. The summed E-state index contributed by atoms with van der Waals surface area (Å²) in [6.07, 6.45) is 0. The predicted octanol–water partition coefficient (Wildman–Crippen LogP) is 4.18. The molecule has 0 unspecified atom stereocenters. The summed E-state index contributed by atoms with van der Waals surface area (Å²) in [5, 5.41) is 13.6. The number of nitro benzene ring substituents is 1. The summed E-state index contributed by atoms with van der Waals surface area (Å²) in [6.45, 7) is 1.19. The second-order valence-corrected chi connectivity index (χ2v) is 5.91. The first-order valence-electron chi connectivity index (χ1n) is 7.35. The lowest BCUT2D eigenvalue weighted by Gasteiger charge is -2.12. The average Bonchev–Trinajstić information content (AvgIpc) is 2.55. The highest BCUT2D eigenvalue weighted by atomic mass is 35.5. The maximum absolute atomic E-state index is 13.4. The zero-order valence-electron chi connectivity index (χ0n) is 13.3. The molecule has 0 aliphatic carbocycles. The lowest BCUT2D eigenvalue weighted by atomic mass is 10.1. The first kappa shape index (κ1) is 17.6. The van der Waals surface area contributed by atoms with Gasteiger partial charge in [0.25, 0.3) is 5.69 Å². The normalized spacial score (nSPS) is 10.7. The molecule has 0 spiro atoms. The van der Waals surface area contributed by atoms with Gasteiger partial charge in [-0.3, -0.25) is 19.7 Å². The van der Waals surface area contributed by atoms with E-state index in [4.69, 9.17) is 11.6 Å². The van der Waals surface area contributed by atoms with Gasteiger partial charge in [0.2, 0.25) is 5.43 Å². The molecule has 3 rings (SSSR count). The van der Waals surface area contributed by atoms with Crippen LogP contribution in [0.4, 0.5) is 21.6 Å². The van der Waals surface area contributed by atoms with E-state index in [9.17, 15) is 24.1 Å². The Balaban J connectivity index is 2.29. The number of ketones is 1. The van der Waals surface area contributed by atoms with Gasteiger partial charge in [-0.15, -0.1) is 0 Å². The van der Waals surface area contributed by atoms with Crippen molar-refractivity contribution in [1.82, 2.24) is 4.98 Å². The first-order chi connectivity index (χ1) is 12.3. The van der Waals surface area contributed by atoms with E-state index in [1.54, 1.807) is 6.07 Å². The molecule has 3 aromatic rings. The molecule has 0 aliphatic rings. The number of hydrogen-bond donors (Lipinski definition) is 2. The molecule has 0 radical (unpaired) electrons. The highest BCUT2D eigenvalue weighted by Crippen LogP contribution is 2.29. The molecule has 0 fully saturated rings. The average molecular weight is 376 g/mol. The van der Waals surface area contributed by atoms with Crippen molar-refractivity contribution in [2.45, 2.75) is 6.92 Å². The van der Waals surface area contributed by atoms with E-state index in [1.165, 1.54) is 25.1 Å². The molecule has 2 aromatic carbocycles. The lowest BCUT2D eigenvalue weighted by Crippen LogP contribution is -2.18. The minimum atomic E-state index is -0.712. The fourth-order valence-electron chi connectivity index (χ4n) is 2.58. The van der Waals surface area contributed by atoms with E-state index in [2.05, 4.69) is 10.3 Å². The molecule has 1 aromatic heterocycles. The molecule has 1 heterocycles. The maximum Gasteiger partial charge on any atom is 0.271 e. The molecule has 0 amide bonds. The van der Waals surface area contributed by atoms with Gasteiger partial charge in [-0.2, -0.15) is 0 Å². The number of H-pyrrole nitrogens is 1. The third-order valence-corrected chi connectivity index (χ3v) is 4.00. The number of carbonyl (C=O) groups excluding carboxylic acids is 1. The Hall–Kier alpha value is -3.26. The number of fused-ring (bicyclic) bond motifs is 1. The minimum Gasteiger partial charge on any atom is -0.341 e. The van der Waals surface area contributed by atoms with Crippen LogP contribution < -0.4 is 10.7 Å². The fourth-order valence-corrected chi connectivity index (χ4v) is 2.84. The van der Waals surface area contributed by atoms with Crippen LogP contribution in [-0.4, -0.2) is 15.7 Å². The van der Waals surface area contributed by atoms with E-state index in [1.807, 2.05) is 0 Å². The number of carbonyl (C=O) groups is 1. The van der Waals surface area contributed by atoms with Crippen LogP contribution in [0.25, 0.3) is 10.9 Å². The molecule has 9 heteroatoms. The highest BCUT2D eigenvalue weighted by molar-refractivity contribution is 6.35. The molecule has 7 nitrogen and oxygen atoms in total. The van der Waals surface area contributed by atoms with Crippen molar-refractivity contribution in [3.05, 3.63) is 73.1 Å². The first-order valence-corrected chi connectivity index (χ1v) is 7.73. The van der Waals surface area contributed by atoms with E-state index >= 15 is 0 Å². The molecule has 0 saturated carbocycles. The zero-order chi connectivity index (χ0) is 19.0. The molecule has 0 bridgehead atoms. The Morgan fingerprint density at radius 1 is 1.31 bits per heavy atom. The largest absolute Gasteiger partial charge is 0.341 e. The number of rotatable bonds is 4. The zero-order valence-corrected chi connectivity index (χ0v) is 14.1. The van der Waals surface area contributed by atoms with Gasteiger partial charge < -0.3 is 10.3 Å². The number of pyridine rings is 1. The van der Waals surface area contributed by atoms with Crippen LogP contribution in [0.5, 0.6) is 0 Å². The van der Waals surface area contributed by atoms with Gasteiger partial charge in [-0.25, -0.2) is 4.39 Å². The van der Waals surface area contributed by atoms with Gasteiger partial charge in [-0.1, -0.05) is 17.7 Å². The summed E-state index contributed by atoms with van der Waals surface area (Å²) in [4.78, 5) is 37.8. The molecule has 0 atom stereocenters. The molecular weight excluding hydrogens is 365 g/mol. The van der Waals surface area contributed by atoms with E-state index in [0.717, 1.165) is 12.1 Å². The van der Waals surface area contributed by atoms with Crippen LogP contribution in [-0.2, 0) is 0 Å². The van der Waals surface area contributed by atoms with Gasteiger partial charge in [0, 0.05) is 17.8 Å². The number of Topliss-reactive ketones (excluding diaryl/α,β-unsaturated/α-hetero) is 1. The number of benzene rings is 2. The fraction of sp³-hybridized carbons (Fsp3) is 0.0588. The number of hydrogen-bond acceptors (Lipinski definition) is 5. The third kappa shape index (κ3) is 3.14. The third-order valence-electron chi connectivity index (χ3n) is 3.70. The minimum absolute atomic E-state index is 0.0244. The van der Waals surface area contributed by atoms with Crippen molar-refractivity contribution >= 4 is 45.5 Å². The Bertz CT molecular complexity index is 1130. The monoisotopic (exact) mass is 375 g/mol. The van der Waals surface area contributed by atoms with Gasteiger partial charge in [0.05, 0.1) is 20.8 Å². The van der Waals surface area contributed by atoms with Crippen LogP contribution >= 0.6 is 11.6 Å². The molecule has 0 saturated heterocycles. The van der Waals surface area contributed by atoms with Crippen LogP contribution in [0.2, 0.25) is 5.02 Å². The predicted molar refractivity (Wildman–Crippen MR) is 95.9 cm³/mol. The Morgan fingerprint density at radius 2 is 2.04 bits per heavy atom. The number of nitrogens with zero attached hydrogens (tertiary/aromatic N) is 1. The second-order valence-electron chi connectivity index (χ2n) is 5.50. The summed E-state index contributed by atoms with van der Waals surface area (Å²) in [7, 11) is 0. The Morgan fingerprint density at radius 3 is 2.65 bits per heavy atom. The highest BCUT2D eigenvalue weighted by Gasteiger charge is 2.20. The van der Waals surface area contributed by atoms with Crippen LogP contribution in [0.3, 0.4) is 0 Å². The van der Waals surface area contributed by atoms with Gasteiger partial charge in [-0.05, 0) is 25.1 Å². The van der Waals surface area contributed by atoms with Crippen LogP contribution in [0.15, 0.2) is 41.2 Å². The number of nitro groups is 1. The topological polar surface area (TPSA) is 105 Å². The molecule has 26 heavy (non-hydrogen) atoms. The quantitative estimate of drug-likeness (QED) is 0.404. The molecule has 0 aliphatic heterocycles. The van der Waals surface area contributed by atoms with Crippen molar-refractivity contribution in [2.24, 2.45) is 0 Å². The molecule has 132 valence electrons. The van der Waals surface area contributed by atoms with Gasteiger partial charge >= 0.3 is 0 Å². The van der Waals surface area contributed by atoms with E-state index in [0.29, 0.717) is 5.69 Å². The number of nitrogens with one attached hydrogen (secondary N) is 2. The van der Waals surface area contributed by atoms with Crippen LogP contribution in [0.1, 0.15) is 17.3 Å². The number of anilines is 2. The number of halogens is 2. The number of aromatic amines is 1. The summed E-state index contributed by atoms with van der Waals surface area (Å²) in [5.74, 6) is -1.04. The summed E-state index contributed by atoms with van der Waals surface area (Å²) in [6, 6.07) is 7.59. The smallest absolute Gasteiger partial charge is 0.271 e.